The van der Waals surface area contributed by atoms with Crippen molar-refractivity contribution in [1.82, 2.24) is 0 Å². The summed E-state index contributed by atoms with van der Waals surface area (Å²) >= 11 is 0. The summed E-state index contributed by atoms with van der Waals surface area (Å²) in [6, 6.07) is 0. The van der Waals surface area contributed by atoms with Gasteiger partial charge in [-0.05, 0) is 50.1 Å². The van der Waals surface area contributed by atoms with E-state index in [1.165, 1.54) is 0 Å². The van der Waals surface area contributed by atoms with Gasteiger partial charge < -0.3 is 28.5 Å². The predicted octanol–water partition coefficient (Wildman–Crippen LogP) is 4.28. The minimum Gasteiger partial charge on any atom is -0.401 e. The van der Waals surface area contributed by atoms with E-state index < -0.39 is 46.8 Å². The molecule has 0 aromatic carbocycles. The van der Waals surface area contributed by atoms with Gasteiger partial charge in [0.15, 0.2) is 22.4 Å². The van der Waals surface area contributed by atoms with Crippen LogP contribution in [0, 0.1) is 23.7 Å². The first kappa shape index (κ1) is 30.3. The van der Waals surface area contributed by atoms with Crippen molar-refractivity contribution in [1.29, 1.82) is 0 Å². The van der Waals surface area contributed by atoms with Crippen LogP contribution < -0.4 is 0 Å². The van der Waals surface area contributed by atoms with Crippen LogP contribution in [0.4, 0.5) is 0 Å². The Kier molecular flexibility index (Phi) is 10.0. The van der Waals surface area contributed by atoms with Gasteiger partial charge in [-0.25, -0.2) is 0 Å². The van der Waals surface area contributed by atoms with Gasteiger partial charge in [-0.3, -0.25) is 0 Å². The lowest BCUT2D eigenvalue weighted by molar-refractivity contribution is -0.155. The Morgan fingerprint density at radius 1 is 0.758 bits per heavy atom. The molecule has 0 spiro atoms. The van der Waals surface area contributed by atoms with Crippen molar-refractivity contribution in [3.8, 4) is 23.7 Å². The fraction of sp³-hybridized carbons (Fsp3) is 0.840. The molecule has 190 valence electrons. The molecule has 0 aliphatic carbocycles. The highest BCUT2D eigenvalue weighted by Crippen LogP contribution is 2.42. The fourth-order valence-electron chi connectivity index (χ4n) is 2.92. The molecule has 0 saturated carbocycles. The average Bonchev–Trinajstić information content (AvgIpc) is 2.95. The Morgan fingerprint density at radius 3 is 1.30 bits per heavy atom. The number of rotatable bonds is 6. The van der Waals surface area contributed by atoms with E-state index >= 15 is 0 Å². The summed E-state index contributed by atoms with van der Waals surface area (Å²) in [5.41, 5.74) is 0. The Morgan fingerprint density at radius 2 is 1.06 bits per heavy atom. The lowest BCUT2D eigenvalue weighted by Gasteiger charge is -2.41. The van der Waals surface area contributed by atoms with Gasteiger partial charge in [-0.15, -0.1) is 0 Å². The number of ether oxygens (including phenoxy) is 2. The molecule has 1 rings (SSSR count). The van der Waals surface area contributed by atoms with Gasteiger partial charge in [0.05, 0.1) is 0 Å². The van der Waals surface area contributed by atoms with Crippen molar-refractivity contribution >= 4 is 16.6 Å². The summed E-state index contributed by atoms with van der Waals surface area (Å²) < 4.78 is 26.0. The number of aliphatic hydroxyl groups excluding tert-OH is 2. The molecule has 1 aliphatic heterocycles. The van der Waals surface area contributed by atoms with Crippen LogP contribution >= 0.6 is 0 Å². The Balaban J connectivity index is 3.49. The quantitative estimate of drug-likeness (QED) is 0.420. The minimum atomic E-state index is -2.23. The molecule has 6 nitrogen and oxygen atoms in total. The van der Waals surface area contributed by atoms with E-state index in [0.717, 1.165) is 0 Å². The zero-order chi connectivity index (χ0) is 25.9. The summed E-state index contributed by atoms with van der Waals surface area (Å²) in [5.74, 6) is 10.8. The molecule has 1 fully saturated rings. The highest BCUT2D eigenvalue weighted by molar-refractivity contribution is 6.74. The van der Waals surface area contributed by atoms with E-state index in [9.17, 15) is 10.2 Å². The summed E-state index contributed by atoms with van der Waals surface area (Å²) in [6.07, 6.45) is -2.38. The third kappa shape index (κ3) is 8.19. The van der Waals surface area contributed by atoms with E-state index in [4.69, 9.17) is 18.3 Å². The maximum absolute atomic E-state index is 9.39. The SMILES string of the molecule is CC1(C)O[C@@H]([C@@H](C#CCO)O[Si](C)(C)C(C)(C)C)[C@H]([C@@H](C#CCO)O[Si](C)(C)C(C)(C)C)O1. The summed E-state index contributed by atoms with van der Waals surface area (Å²) in [5, 5.41) is 18.7. The second kappa shape index (κ2) is 10.9. The predicted molar refractivity (Wildman–Crippen MR) is 138 cm³/mol. The third-order valence-corrected chi connectivity index (χ3v) is 15.8. The molecular weight excluding hydrogens is 452 g/mol. The van der Waals surface area contributed by atoms with E-state index in [1.54, 1.807) is 0 Å². The molecule has 4 atom stereocenters. The van der Waals surface area contributed by atoms with Crippen LogP contribution in [0.3, 0.4) is 0 Å². The van der Waals surface area contributed by atoms with E-state index in [-0.39, 0.29) is 23.3 Å². The summed E-state index contributed by atoms with van der Waals surface area (Å²) in [6.45, 7) is 24.8. The maximum Gasteiger partial charge on any atom is 0.193 e. The normalized spacial score (nSPS) is 23.2. The zero-order valence-electron chi connectivity index (χ0n) is 22.8. The molecule has 0 bridgehead atoms. The molecule has 0 aromatic heterocycles. The van der Waals surface area contributed by atoms with E-state index in [1.807, 2.05) is 13.8 Å². The van der Waals surface area contributed by atoms with E-state index in [2.05, 4.69) is 91.4 Å². The Bertz CT molecular complexity index is 707. The molecule has 1 saturated heterocycles. The first-order chi connectivity index (χ1) is 14.8. The highest BCUT2D eigenvalue weighted by atomic mass is 28.4. The van der Waals surface area contributed by atoms with E-state index in [0.29, 0.717) is 0 Å². The number of hydrogen-bond acceptors (Lipinski definition) is 6. The van der Waals surface area contributed by atoms with Crippen molar-refractivity contribution in [3.05, 3.63) is 0 Å². The second-order valence-corrected chi connectivity index (χ2v) is 21.6. The molecule has 1 heterocycles. The maximum atomic E-state index is 9.39. The van der Waals surface area contributed by atoms with Crippen LogP contribution in [0.25, 0.3) is 0 Å². The lowest BCUT2D eigenvalue weighted by Crippen LogP contribution is -2.53. The van der Waals surface area contributed by atoms with Crippen LogP contribution in [0.1, 0.15) is 55.4 Å². The molecule has 0 amide bonds. The van der Waals surface area contributed by atoms with Crippen molar-refractivity contribution in [2.24, 2.45) is 0 Å². The van der Waals surface area contributed by atoms with Crippen LogP contribution in [-0.4, -0.2) is 70.3 Å². The minimum absolute atomic E-state index is 0.0373. The monoisotopic (exact) mass is 498 g/mol. The molecule has 0 aromatic rings. The second-order valence-electron chi connectivity index (χ2n) is 12.1. The number of hydrogen-bond donors (Lipinski definition) is 2. The van der Waals surface area contributed by atoms with Crippen LogP contribution in [0.5, 0.6) is 0 Å². The molecule has 8 heteroatoms. The van der Waals surface area contributed by atoms with Gasteiger partial charge in [-0.1, -0.05) is 65.2 Å². The first-order valence-electron chi connectivity index (χ1n) is 11.7. The average molecular weight is 499 g/mol. The zero-order valence-corrected chi connectivity index (χ0v) is 24.8. The highest BCUT2D eigenvalue weighted by Gasteiger charge is 2.53. The van der Waals surface area contributed by atoms with Crippen LogP contribution in [-0.2, 0) is 18.3 Å². The van der Waals surface area contributed by atoms with Crippen LogP contribution in [0.2, 0.25) is 36.3 Å². The van der Waals surface area contributed by atoms with Crippen molar-refractivity contribution in [2.45, 2.75) is 122 Å². The summed E-state index contributed by atoms with van der Waals surface area (Å²) in [4.78, 5) is 0. The number of aliphatic hydroxyl groups is 2. The Hall–Kier alpha value is -0.686. The lowest BCUT2D eigenvalue weighted by atomic mass is 10.0. The topological polar surface area (TPSA) is 77.4 Å². The summed E-state index contributed by atoms with van der Waals surface area (Å²) in [7, 11) is -4.45. The van der Waals surface area contributed by atoms with Gasteiger partial charge in [-0.2, -0.15) is 0 Å². The van der Waals surface area contributed by atoms with Crippen molar-refractivity contribution in [2.75, 3.05) is 13.2 Å². The molecule has 1 aliphatic rings. The molecule has 0 unspecified atom stereocenters. The van der Waals surface area contributed by atoms with Gasteiger partial charge in [0.25, 0.3) is 0 Å². The van der Waals surface area contributed by atoms with Gasteiger partial charge in [0, 0.05) is 0 Å². The molecule has 0 radical (unpaired) electrons. The van der Waals surface area contributed by atoms with Crippen molar-refractivity contribution in [3.63, 3.8) is 0 Å². The standard InChI is InChI=1S/C25H46O6Si2/c1-23(2,3)32(9,10)30-19(15-13-17-26)21-22(29-25(7,8)28-21)20(16-14-18-27)31-33(11,12)24(4,5)6/h19-22,26-27H,17-18H2,1-12H3/t19-,20-,21+,22+/m1/s1. The largest absolute Gasteiger partial charge is 0.401 e. The molecule has 33 heavy (non-hydrogen) atoms. The third-order valence-electron chi connectivity index (χ3n) is 6.86. The smallest absolute Gasteiger partial charge is 0.193 e. The van der Waals surface area contributed by atoms with Gasteiger partial charge in [0.2, 0.25) is 0 Å². The van der Waals surface area contributed by atoms with Crippen molar-refractivity contribution < 1.29 is 28.5 Å². The molecule has 2 N–H and O–H groups in total. The van der Waals surface area contributed by atoms with Crippen LogP contribution in [0.15, 0.2) is 0 Å². The van der Waals surface area contributed by atoms with Gasteiger partial charge in [0.1, 0.15) is 37.6 Å². The molecular formula is C25H46O6Si2. The fourth-order valence-corrected chi connectivity index (χ4v) is 5.29. The Labute approximate surface area is 204 Å². The van der Waals surface area contributed by atoms with Gasteiger partial charge >= 0.3 is 0 Å². The first-order valence-corrected chi connectivity index (χ1v) is 17.5.